The van der Waals surface area contributed by atoms with Gasteiger partial charge in [0.25, 0.3) is 0 Å². The smallest absolute Gasteiger partial charge is 0.114 e. The maximum absolute atomic E-state index is 5.60. The average Bonchev–Trinajstić information content (AvgIpc) is 2.86. The van der Waals surface area contributed by atoms with Crippen molar-refractivity contribution in [2.45, 2.75) is 51.8 Å². The lowest BCUT2D eigenvalue weighted by Crippen LogP contribution is -2.30. The Balaban J connectivity index is 1.96. The number of nitrogens with zero attached hydrogens (tertiary/aromatic N) is 1. The lowest BCUT2D eigenvalue weighted by Gasteiger charge is -2.22. The molecule has 106 valence electrons. The van der Waals surface area contributed by atoms with E-state index in [-0.39, 0.29) is 17.7 Å². The van der Waals surface area contributed by atoms with E-state index in [1.165, 1.54) is 4.88 Å². The summed E-state index contributed by atoms with van der Waals surface area (Å²) < 4.78 is 0. The monoisotopic (exact) mass is 281 g/mol. The molecule has 1 unspecified atom stereocenters. The molecule has 0 aliphatic carbocycles. The first-order valence-corrected chi connectivity index (χ1v) is 7.56. The number of hydroxylamine groups is 1. The fourth-order valence-corrected chi connectivity index (χ4v) is 2.73. The zero-order valence-corrected chi connectivity index (χ0v) is 12.9. The summed E-state index contributed by atoms with van der Waals surface area (Å²) in [6, 6.07) is 0.418. The molecule has 4 nitrogen and oxygen atoms in total. The Morgan fingerprint density at radius 2 is 2.32 bits per heavy atom. The van der Waals surface area contributed by atoms with E-state index in [1.807, 2.05) is 27.0 Å². The molecule has 5 heteroatoms. The van der Waals surface area contributed by atoms with Crippen LogP contribution in [0.15, 0.2) is 18.3 Å². The topological polar surface area (TPSA) is 46.2 Å². The molecule has 2 heterocycles. The van der Waals surface area contributed by atoms with Crippen LogP contribution in [0.25, 0.3) is 0 Å². The van der Waals surface area contributed by atoms with Crippen LogP contribution in [0.5, 0.6) is 0 Å². The molecule has 19 heavy (non-hydrogen) atoms. The van der Waals surface area contributed by atoms with Crippen LogP contribution in [0.4, 0.5) is 0 Å². The summed E-state index contributed by atoms with van der Waals surface area (Å²) in [5.74, 6) is 0. The van der Waals surface area contributed by atoms with Gasteiger partial charge in [0.2, 0.25) is 0 Å². The molecular weight excluding hydrogens is 258 g/mol. The van der Waals surface area contributed by atoms with Gasteiger partial charge in [0, 0.05) is 11.1 Å². The standard InChI is InChI=1S/C14H23N3OS/c1-10(17-18-14(2,3)4)12-9-16-13(19-12)11-7-5-6-8-15-11/h5,7,9-11,15,17H,6,8H2,1-4H3/t10-,11?/m0/s1. The quantitative estimate of drug-likeness (QED) is 0.657. The van der Waals surface area contributed by atoms with Crippen LogP contribution < -0.4 is 10.8 Å². The summed E-state index contributed by atoms with van der Waals surface area (Å²) in [4.78, 5) is 11.3. The van der Waals surface area contributed by atoms with Crippen molar-refractivity contribution in [1.29, 1.82) is 0 Å². The van der Waals surface area contributed by atoms with Gasteiger partial charge in [0.05, 0.1) is 17.7 Å². The van der Waals surface area contributed by atoms with Crippen molar-refractivity contribution in [3.05, 3.63) is 28.2 Å². The third-order valence-electron chi connectivity index (χ3n) is 2.78. The van der Waals surface area contributed by atoms with Crippen LogP contribution in [0, 0.1) is 0 Å². The molecule has 1 aromatic heterocycles. The Bertz CT molecular complexity index is 436. The molecule has 2 N–H and O–H groups in total. The second-order valence-electron chi connectivity index (χ2n) is 5.80. The van der Waals surface area contributed by atoms with E-state index >= 15 is 0 Å². The molecule has 1 aromatic rings. The van der Waals surface area contributed by atoms with Crippen molar-refractivity contribution >= 4 is 11.3 Å². The van der Waals surface area contributed by atoms with Gasteiger partial charge in [-0.3, -0.25) is 4.84 Å². The second kappa shape index (κ2) is 6.13. The summed E-state index contributed by atoms with van der Waals surface area (Å²) in [5, 5.41) is 4.57. The minimum atomic E-state index is -0.185. The molecule has 0 amide bonds. The van der Waals surface area contributed by atoms with E-state index in [0.29, 0.717) is 0 Å². The summed E-state index contributed by atoms with van der Waals surface area (Å²) >= 11 is 1.73. The van der Waals surface area contributed by atoms with Crippen LogP contribution in [0.1, 0.15) is 56.1 Å². The van der Waals surface area contributed by atoms with E-state index in [9.17, 15) is 0 Å². The van der Waals surface area contributed by atoms with E-state index in [1.54, 1.807) is 11.3 Å². The van der Waals surface area contributed by atoms with Gasteiger partial charge in [0.1, 0.15) is 5.01 Å². The molecular formula is C14H23N3OS. The summed E-state index contributed by atoms with van der Waals surface area (Å²) in [6.45, 7) is 9.20. The first-order chi connectivity index (χ1) is 8.96. The van der Waals surface area contributed by atoms with Crippen molar-refractivity contribution in [2.24, 2.45) is 0 Å². The van der Waals surface area contributed by atoms with Gasteiger partial charge in [-0.05, 0) is 40.7 Å². The van der Waals surface area contributed by atoms with Gasteiger partial charge in [-0.2, -0.15) is 5.48 Å². The summed E-state index contributed by atoms with van der Waals surface area (Å²) in [6.07, 6.45) is 7.45. The molecule has 0 radical (unpaired) electrons. The largest absolute Gasteiger partial charge is 0.304 e. The Kier molecular flexibility index (Phi) is 4.73. The second-order valence-corrected chi connectivity index (χ2v) is 6.90. The number of hydrogen-bond donors (Lipinski definition) is 2. The van der Waals surface area contributed by atoms with Crippen LogP contribution >= 0.6 is 11.3 Å². The normalized spacial score (nSPS) is 21.6. The lowest BCUT2D eigenvalue weighted by atomic mass is 10.2. The number of thiazole rings is 1. The highest BCUT2D eigenvalue weighted by Gasteiger charge is 2.18. The molecule has 0 bridgehead atoms. The average molecular weight is 281 g/mol. The van der Waals surface area contributed by atoms with Crippen molar-refractivity contribution in [3.8, 4) is 0 Å². The third kappa shape index (κ3) is 4.38. The molecule has 0 fully saturated rings. The first-order valence-electron chi connectivity index (χ1n) is 6.75. The van der Waals surface area contributed by atoms with E-state index in [2.05, 4.69) is 34.9 Å². The highest BCUT2D eigenvalue weighted by Crippen LogP contribution is 2.27. The molecule has 0 saturated heterocycles. The Labute approximate surface area is 119 Å². The van der Waals surface area contributed by atoms with Gasteiger partial charge in [0.15, 0.2) is 0 Å². The van der Waals surface area contributed by atoms with Crippen molar-refractivity contribution < 1.29 is 4.84 Å². The highest BCUT2D eigenvalue weighted by atomic mass is 32.1. The van der Waals surface area contributed by atoms with Crippen molar-refractivity contribution in [1.82, 2.24) is 15.8 Å². The fraction of sp³-hybridized carbons (Fsp3) is 0.643. The minimum Gasteiger partial charge on any atom is -0.304 e. The van der Waals surface area contributed by atoms with Crippen LogP contribution in [0.3, 0.4) is 0 Å². The Hall–Kier alpha value is -0.750. The fourth-order valence-electron chi connectivity index (χ4n) is 1.76. The van der Waals surface area contributed by atoms with Crippen LogP contribution in [-0.4, -0.2) is 17.1 Å². The highest BCUT2D eigenvalue weighted by molar-refractivity contribution is 7.11. The van der Waals surface area contributed by atoms with Crippen LogP contribution in [-0.2, 0) is 4.84 Å². The van der Waals surface area contributed by atoms with Crippen molar-refractivity contribution in [2.75, 3.05) is 6.54 Å². The first kappa shape index (κ1) is 14.7. The Morgan fingerprint density at radius 3 is 2.95 bits per heavy atom. The lowest BCUT2D eigenvalue weighted by molar-refractivity contribution is -0.0862. The molecule has 1 aliphatic rings. The van der Waals surface area contributed by atoms with Gasteiger partial charge in [-0.1, -0.05) is 12.2 Å². The van der Waals surface area contributed by atoms with Gasteiger partial charge in [-0.15, -0.1) is 11.3 Å². The molecule has 0 spiro atoms. The summed E-state index contributed by atoms with van der Waals surface area (Å²) in [7, 11) is 0. The molecule has 0 aromatic carbocycles. The number of nitrogens with one attached hydrogen (secondary N) is 2. The minimum absolute atomic E-state index is 0.151. The predicted octanol–water partition coefficient (Wildman–Crippen LogP) is 3.11. The molecule has 1 aliphatic heterocycles. The van der Waals surface area contributed by atoms with E-state index in [4.69, 9.17) is 4.84 Å². The predicted molar refractivity (Wildman–Crippen MR) is 79.0 cm³/mol. The van der Waals surface area contributed by atoms with Gasteiger partial charge < -0.3 is 5.32 Å². The maximum atomic E-state index is 5.60. The SMILES string of the molecule is C[C@H](NOC(C)(C)C)c1cnc(C2C=CCCN2)s1. The van der Waals surface area contributed by atoms with E-state index in [0.717, 1.165) is 18.0 Å². The van der Waals surface area contributed by atoms with Gasteiger partial charge in [-0.25, -0.2) is 4.98 Å². The van der Waals surface area contributed by atoms with Crippen molar-refractivity contribution in [3.63, 3.8) is 0 Å². The number of hydrogen-bond acceptors (Lipinski definition) is 5. The zero-order valence-electron chi connectivity index (χ0n) is 12.1. The Morgan fingerprint density at radius 1 is 1.53 bits per heavy atom. The zero-order chi connectivity index (χ0) is 13.9. The van der Waals surface area contributed by atoms with E-state index < -0.39 is 0 Å². The van der Waals surface area contributed by atoms with Crippen LogP contribution in [0.2, 0.25) is 0 Å². The number of aromatic nitrogens is 1. The molecule has 2 rings (SSSR count). The molecule has 0 saturated carbocycles. The number of rotatable bonds is 4. The summed E-state index contributed by atoms with van der Waals surface area (Å²) in [5.41, 5.74) is 2.90. The van der Waals surface area contributed by atoms with Gasteiger partial charge >= 0.3 is 0 Å². The third-order valence-corrected chi connectivity index (χ3v) is 4.04. The maximum Gasteiger partial charge on any atom is 0.114 e. The molecule has 2 atom stereocenters.